The van der Waals surface area contributed by atoms with Crippen molar-refractivity contribution in [3.63, 3.8) is 0 Å². The van der Waals surface area contributed by atoms with Gasteiger partial charge in [0.2, 0.25) is 0 Å². The van der Waals surface area contributed by atoms with E-state index in [0.717, 1.165) is 11.9 Å². The van der Waals surface area contributed by atoms with Crippen LogP contribution >= 0.6 is 0 Å². The SMILES string of the molecule is C[CH2][Pb]([CH2]C)([CH2]C)[O]C(C)=O.c1ccccc1. The Morgan fingerprint density at radius 1 is 0.882 bits per heavy atom. The third-order valence-corrected chi connectivity index (χ3v) is 20.8. The molecule has 0 aromatic heterocycles. The predicted octanol–water partition coefficient (Wildman–Crippen LogP) is 4.24. The van der Waals surface area contributed by atoms with E-state index >= 15 is 0 Å². The van der Waals surface area contributed by atoms with Crippen molar-refractivity contribution in [3.05, 3.63) is 36.4 Å². The van der Waals surface area contributed by atoms with Crippen molar-refractivity contribution in [1.82, 2.24) is 0 Å². The van der Waals surface area contributed by atoms with E-state index in [1.807, 2.05) is 36.4 Å². The summed E-state index contributed by atoms with van der Waals surface area (Å²) in [5.41, 5.74) is 0. The third kappa shape index (κ3) is 7.52. The standard InChI is InChI=1S/C6H6.C2H4O2.3C2H5.Pb/c1-2-4-6-5-3-1;1-2(3)4;3*1-2;/h1-6H;1H3,(H,3,4);3*1H2,2H3;/q;;;;;+1/p-1. The van der Waals surface area contributed by atoms with Crippen LogP contribution in [0.25, 0.3) is 0 Å². The molecule has 2 nitrogen and oxygen atoms in total. The molecule has 0 bridgehead atoms. The first kappa shape index (κ1) is 16.6. The van der Waals surface area contributed by atoms with Crippen LogP contribution in [0.4, 0.5) is 0 Å². The number of carbonyl (C=O) groups excluding carboxylic acids is 1. The number of rotatable bonds is 4. The van der Waals surface area contributed by atoms with Gasteiger partial charge in [-0.2, -0.15) is 0 Å². The van der Waals surface area contributed by atoms with Gasteiger partial charge in [-0.3, -0.25) is 0 Å². The molecule has 1 rings (SSSR count). The average Bonchev–Trinajstić information content (AvgIpc) is 2.38. The number of benzene rings is 1. The summed E-state index contributed by atoms with van der Waals surface area (Å²) in [5.74, 6) is -0.0720. The Balaban J connectivity index is 0.000000354. The van der Waals surface area contributed by atoms with Gasteiger partial charge in [0.25, 0.3) is 0 Å². The van der Waals surface area contributed by atoms with Gasteiger partial charge in [-0.25, -0.2) is 0 Å². The summed E-state index contributed by atoms with van der Waals surface area (Å²) in [4.78, 5) is 10.8. The van der Waals surface area contributed by atoms with Crippen LogP contribution in [0.1, 0.15) is 27.7 Å². The van der Waals surface area contributed by atoms with E-state index in [1.54, 1.807) is 0 Å². The van der Waals surface area contributed by atoms with E-state index in [2.05, 4.69) is 20.8 Å². The molecule has 0 radical (unpaired) electrons. The summed E-state index contributed by atoms with van der Waals surface area (Å²) in [6.45, 7) is 7.97. The molecular formula is C14H24O2Pb. The smallest absolute Gasteiger partial charge is 0.0623 e. The van der Waals surface area contributed by atoms with E-state index in [1.165, 1.54) is 6.92 Å². The molecule has 0 unspecified atom stereocenters. The molecule has 0 aliphatic heterocycles. The molecule has 96 valence electrons. The molecule has 0 N–H and O–H groups in total. The second-order valence-electron chi connectivity index (χ2n) is 3.99. The van der Waals surface area contributed by atoms with Crippen molar-refractivity contribution in [1.29, 1.82) is 0 Å². The Morgan fingerprint density at radius 3 is 1.29 bits per heavy atom. The van der Waals surface area contributed by atoms with Crippen molar-refractivity contribution >= 4 is 27.6 Å². The van der Waals surface area contributed by atoms with Gasteiger partial charge < -0.3 is 0 Å². The van der Waals surface area contributed by atoms with Crippen molar-refractivity contribution in [2.45, 2.75) is 39.6 Å². The van der Waals surface area contributed by atoms with Crippen LogP contribution in [0.15, 0.2) is 36.4 Å². The molecule has 1 aromatic carbocycles. The molecule has 0 fully saturated rings. The van der Waals surface area contributed by atoms with Gasteiger partial charge in [0, 0.05) is 0 Å². The minimum absolute atomic E-state index is 0.0720. The number of hydrogen-bond acceptors (Lipinski definition) is 2. The van der Waals surface area contributed by atoms with Crippen molar-refractivity contribution in [2.75, 3.05) is 0 Å². The molecule has 1 aromatic rings. The molecule has 0 heterocycles. The molecule has 0 aliphatic rings. The van der Waals surface area contributed by atoms with E-state index in [-0.39, 0.29) is 5.97 Å². The quantitative estimate of drug-likeness (QED) is 0.667. The van der Waals surface area contributed by atoms with Crippen molar-refractivity contribution < 1.29 is 7.48 Å². The average molecular weight is 432 g/mol. The van der Waals surface area contributed by atoms with Gasteiger partial charge in [0.15, 0.2) is 0 Å². The Labute approximate surface area is 111 Å². The minimum Gasteiger partial charge on any atom is -0.0623 e. The maximum absolute atomic E-state index is 10.8. The Kier molecular flexibility index (Phi) is 9.40. The van der Waals surface area contributed by atoms with E-state index in [9.17, 15) is 4.79 Å². The summed E-state index contributed by atoms with van der Waals surface area (Å²) < 4.78 is 8.84. The van der Waals surface area contributed by atoms with E-state index < -0.39 is 21.6 Å². The molecule has 3 heteroatoms. The van der Waals surface area contributed by atoms with Gasteiger partial charge in [-0.15, -0.1) is 0 Å². The molecule has 0 saturated carbocycles. The zero-order chi connectivity index (χ0) is 13.1. The second kappa shape index (κ2) is 9.62. The van der Waals surface area contributed by atoms with Gasteiger partial charge in [0.1, 0.15) is 0 Å². The van der Waals surface area contributed by atoms with Crippen LogP contribution in [0, 0.1) is 0 Å². The molecule has 17 heavy (non-hydrogen) atoms. The monoisotopic (exact) mass is 432 g/mol. The third-order valence-electron chi connectivity index (χ3n) is 2.96. The fraction of sp³-hybridized carbons (Fsp3) is 0.500. The summed E-state index contributed by atoms with van der Waals surface area (Å²) in [7, 11) is 0. The summed E-state index contributed by atoms with van der Waals surface area (Å²) in [6.07, 6.45) is 0. The van der Waals surface area contributed by atoms with Crippen LogP contribution in [0.3, 0.4) is 0 Å². The van der Waals surface area contributed by atoms with Crippen LogP contribution < -0.4 is 0 Å². The second-order valence-corrected chi connectivity index (χ2v) is 22.2. The van der Waals surface area contributed by atoms with E-state index in [4.69, 9.17) is 2.69 Å². The predicted molar refractivity (Wildman–Crippen MR) is 75.4 cm³/mol. The number of carbonyl (C=O) groups is 1. The van der Waals surface area contributed by atoms with Gasteiger partial charge >= 0.3 is 74.7 Å². The zero-order valence-electron chi connectivity index (χ0n) is 11.4. The topological polar surface area (TPSA) is 26.3 Å². The maximum atomic E-state index is 10.8. The fourth-order valence-corrected chi connectivity index (χ4v) is 11.5. The first-order chi connectivity index (χ1) is 8.10. The molecule has 0 spiro atoms. The molecule has 0 amide bonds. The summed E-state index contributed by atoms with van der Waals surface area (Å²) in [6, 6.07) is 12.0. The van der Waals surface area contributed by atoms with Crippen LogP contribution in [0.2, 0.25) is 11.9 Å². The van der Waals surface area contributed by atoms with Gasteiger partial charge in [-0.1, -0.05) is 36.4 Å². The van der Waals surface area contributed by atoms with Crippen molar-refractivity contribution in [2.24, 2.45) is 0 Å². The molecule has 0 saturated heterocycles. The largest absolute Gasteiger partial charge is 0.0623 e. The molecule has 0 atom stereocenters. The first-order valence-electron chi connectivity index (χ1n) is 6.29. The maximum Gasteiger partial charge on any atom is -0.0623 e. The fourth-order valence-electron chi connectivity index (χ4n) is 1.66. The zero-order valence-corrected chi connectivity index (χ0v) is 15.3. The van der Waals surface area contributed by atoms with Crippen molar-refractivity contribution in [3.8, 4) is 0 Å². The molecular weight excluding hydrogens is 407 g/mol. The Morgan fingerprint density at radius 2 is 1.18 bits per heavy atom. The van der Waals surface area contributed by atoms with Gasteiger partial charge in [-0.05, 0) is 0 Å². The van der Waals surface area contributed by atoms with Crippen LogP contribution in [-0.4, -0.2) is 27.6 Å². The van der Waals surface area contributed by atoms with Gasteiger partial charge in [0.05, 0.1) is 0 Å². The summed E-state index contributed by atoms with van der Waals surface area (Å²) in [5, 5.41) is 0. The molecule has 0 aliphatic carbocycles. The van der Waals surface area contributed by atoms with E-state index in [0.29, 0.717) is 0 Å². The Hall–Kier alpha value is -0.388. The number of hydrogen-bond donors (Lipinski definition) is 0. The Bertz CT molecular complexity index is 259. The minimum atomic E-state index is -2.49. The van der Waals surface area contributed by atoms with Crippen LogP contribution in [0.5, 0.6) is 0 Å². The van der Waals surface area contributed by atoms with Crippen LogP contribution in [-0.2, 0) is 7.48 Å². The summed E-state index contributed by atoms with van der Waals surface area (Å²) >= 11 is -2.49. The normalized spacial score (nSPS) is 10.1. The first-order valence-corrected chi connectivity index (χ1v) is 16.1.